The number of ether oxygens (including phenoxy) is 2. The lowest BCUT2D eigenvalue weighted by molar-refractivity contribution is -0.384. The van der Waals surface area contributed by atoms with Crippen LogP contribution in [0.4, 0.5) is 17.1 Å². The molecule has 0 saturated carbocycles. The average molecular weight is 437 g/mol. The van der Waals surface area contributed by atoms with Gasteiger partial charge in [0.1, 0.15) is 23.2 Å². The van der Waals surface area contributed by atoms with E-state index in [0.29, 0.717) is 11.4 Å². The van der Waals surface area contributed by atoms with Crippen molar-refractivity contribution in [1.29, 1.82) is 0 Å². The van der Waals surface area contributed by atoms with Crippen molar-refractivity contribution in [1.82, 2.24) is 0 Å². The molecule has 0 aliphatic carbocycles. The number of non-ortho nitro benzene ring substituents is 1. The molecule has 2 aromatic rings. The fraction of sp³-hybridized carbons (Fsp3) is 0.316. The third-order valence-electron chi connectivity index (χ3n) is 4.31. The summed E-state index contributed by atoms with van der Waals surface area (Å²) in [7, 11) is -1.27. The van der Waals surface area contributed by atoms with E-state index in [0.717, 1.165) is 16.6 Å². The van der Waals surface area contributed by atoms with Gasteiger partial charge in [0.05, 0.1) is 31.1 Å². The summed E-state index contributed by atoms with van der Waals surface area (Å²) in [5.41, 5.74) is -0.0708. The van der Waals surface area contributed by atoms with Crippen LogP contribution in [0.5, 0.6) is 11.5 Å². The first-order chi connectivity index (χ1) is 14.1. The molecule has 1 amide bonds. The molecule has 2 aromatic carbocycles. The molecule has 10 nitrogen and oxygen atoms in total. The maximum atomic E-state index is 13.0. The van der Waals surface area contributed by atoms with Gasteiger partial charge in [0.25, 0.3) is 5.69 Å². The number of hydrogen-bond acceptors (Lipinski definition) is 7. The van der Waals surface area contributed by atoms with Crippen LogP contribution in [0.2, 0.25) is 0 Å². The van der Waals surface area contributed by atoms with Crippen LogP contribution in [0, 0.1) is 10.1 Å². The lowest BCUT2D eigenvalue weighted by atomic mass is 10.1. The second kappa shape index (κ2) is 9.44. The van der Waals surface area contributed by atoms with E-state index in [1.165, 1.54) is 26.4 Å². The van der Waals surface area contributed by atoms with E-state index in [4.69, 9.17) is 9.47 Å². The number of nitro benzene ring substituents is 1. The van der Waals surface area contributed by atoms with Gasteiger partial charge in [-0.15, -0.1) is 0 Å². The zero-order valence-electron chi connectivity index (χ0n) is 17.0. The van der Waals surface area contributed by atoms with Crippen LogP contribution in [-0.2, 0) is 14.8 Å². The van der Waals surface area contributed by atoms with Gasteiger partial charge >= 0.3 is 0 Å². The molecule has 0 heterocycles. The van der Waals surface area contributed by atoms with Crippen molar-refractivity contribution in [2.45, 2.75) is 19.4 Å². The van der Waals surface area contributed by atoms with Gasteiger partial charge in [-0.3, -0.25) is 19.2 Å². The first kappa shape index (κ1) is 22.9. The van der Waals surface area contributed by atoms with Crippen LogP contribution in [-0.4, -0.2) is 45.8 Å². The number of para-hydroxylation sites is 2. The topological polar surface area (TPSA) is 128 Å². The molecule has 0 aromatic heterocycles. The highest BCUT2D eigenvalue weighted by Gasteiger charge is 2.34. The monoisotopic (exact) mass is 437 g/mol. The predicted molar refractivity (Wildman–Crippen MR) is 113 cm³/mol. The molecule has 162 valence electrons. The number of carbonyl (C=O) groups excluding carboxylic acids is 1. The summed E-state index contributed by atoms with van der Waals surface area (Å²) in [5.74, 6) is -0.143. The minimum absolute atomic E-state index is 0.0783. The van der Waals surface area contributed by atoms with Gasteiger partial charge in [-0.05, 0) is 24.6 Å². The van der Waals surface area contributed by atoms with Gasteiger partial charge in [-0.2, -0.15) is 0 Å². The Morgan fingerprint density at radius 1 is 1.17 bits per heavy atom. The Morgan fingerprint density at radius 3 is 2.33 bits per heavy atom. The largest absolute Gasteiger partial charge is 0.495 e. The molecule has 30 heavy (non-hydrogen) atoms. The SMILES string of the molecule is CCC(C(=O)Nc1ccccc1OC)N(c1cc([N+](=O)[O-])ccc1OC)S(C)(=O)=O. The van der Waals surface area contributed by atoms with Crippen LogP contribution < -0.4 is 19.1 Å². The number of methoxy groups -OCH3 is 2. The Morgan fingerprint density at radius 2 is 1.80 bits per heavy atom. The van der Waals surface area contributed by atoms with Crippen molar-refractivity contribution < 1.29 is 27.6 Å². The van der Waals surface area contributed by atoms with Gasteiger partial charge in [-0.1, -0.05) is 19.1 Å². The highest BCUT2D eigenvalue weighted by molar-refractivity contribution is 7.92. The standard InChI is InChI=1S/C19H23N3O7S/c1-5-15(19(23)20-14-8-6-7-9-17(14)28-2)21(30(4,26)27)16-12-13(22(24)25)10-11-18(16)29-3/h6-12,15H,5H2,1-4H3,(H,20,23). The molecule has 0 fully saturated rings. The molecule has 1 unspecified atom stereocenters. The highest BCUT2D eigenvalue weighted by Crippen LogP contribution is 2.36. The van der Waals surface area contributed by atoms with E-state index in [-0.39, 0.29) is 23.5 Å². The Bertz CT molecular complexity index is 1040. The number of hydrogen-bond donors (Lipinski definition) is 1. The van der Waals surface area contributed by atoms with E-state index in [1.807, 2.05) is 0 Å². The molecule has 2 rings (SSSR count). The Hall–Kier alpha value is -3.34. The van der Waals surface area contributed by atoms with Crippen LogP contribution in [0.1, 0.15) is 13.3 Å². The van der Waals surface area contributed by atoms with Gasteiger partial charge in [0.15, 0.2) is 0 Å². The summed E-state index contributed by atoms with van der Waals surface area (Å²) < 4.78 is 36.6. The molecule has 0 saturated heterocycles. The average Bonchev–Trinajstić information content (AvgIpc) is 2.70. The first-order valence-corrected chi connectivity index (χ1v) is 10.7. The van der Waals surface area contributed by atoms with Gasteiger partial charge in [0, 0.05) is 12.1 Å². The van der Waals surface area contributed by atoms with E-state index >= 15 is 0 Å². The van der Waals surface area contributed by atoms with Crippen LogP contribution in [0.3, 0.4) is 0 Å². The minimum Gasteiger partial charge on any atom is -0.495 e. The van der Waals surface area contributed by atoms with Crippen molar-refractivity contribution in [3.05, 3.63) is 52.6 Å². The smallest absolute Gasteiger partial charge is 0.271 e. The Balaban J connectivity index is 2.56. The summed E-state index contributed by atoms with van der Waals surface area (Å²) in [5, 5.41) is 13.9. The fourth-order valence-corrected chi connectivity index (χ4v) is 4.17. The number of nitrogens with one attached hydrogen (secondary N) is 1. The maximum absolute atomic E-state index is 13.0. The maximum Gasteiger partial charge on any atom is 0.271 e. The molecule has 0 spiro atoms. The van der Waals surface area contributed by atoms with Crippen molar-refractivity contribution in [2.24, 2.45) is 0 Å². The van der Waals surface area contributed by atoms with Gasteiger partial charge in [-0.25, -0.2) is 8.42 Å². The third kappa shape index (κ3) is 4.98. The zero-order chi connectivity index (χ0) is 22.5. The molecule has 1 N–H and O–H groups in total. The molecular formula is C19H23N3O7S. The Labute approximate surface area is 174 Å². The van der Waals surface area contributed by atoms with Crippen molar-refractivity contribution in [2.75, 3.05) is 30.1 Å². The third-order valence-corrected chi connectivity index (χ3v) is 5.47. The quantitative estimate of drug-likeness (QED) is 0.472. The lowest BCUT2D eigenvalue weighted by Gasteiger charge is -2.31. The molecule has 0 radical (unpaired) electrons. The summed E-state index contributed by atoms with van der Waals surface area (Å²) in [6.07, 6.45) is 1.02. The molecule has 1 atom stereocenters. The van der Waals surface area contributed by atoms with E-state index in [2.05, 4.69) is 5.32 Å². The molecule has 0 bridgehead atoms. The molecule has 11 heteroatoms. The summed E-state index contributed by atoms with van der Waals surface area (Å²) in [6.45, 7) is 1.63. The lowest BCUT2D eigenvalue weighted by Crippen LogP contribution is -2.47. The second-order valence-electron chi connectivity index (χ2n) is 6.29. The summed E-state index contributed by atoms with van der Waals surface area (Å²) in [4.78, 5) is 23.6. The van der Waals surface area contributed by atoms with Gasteiger partial charge in [0.2, 0.25) is 15.9 Å². The molecule has 0 aliphatic rings. The number of nitro groups is 1. The van der Waals surface area contributed by atoms with Gasteiger partial charge < -0.3 is 14.8 Å². The number of amides is 1. The minimum atomic E-state index is -4.02. The number of carbonyl (C=O) groups is 1. The van der Waals surface area contributed by atoms with Crippen molar-refractivity contribution in [3.8, 4) is 11.5 Å². The normalized spacial score (nSPS) is 12.0. The zero-order valence-corrected chi connectivity index (χ0v) is 17.8. The fourth-order valence-electron chi connectivity index (χ4n) is 2.96. The Kier molecular flexibility index (Phi) is 7.22. The molecular weight excluding hydrogens is 414 g/mol. The van der Waals surface area contributed by atoms with Crippen molar-refractivity contribution in [3.63, 3.8) is 0 Å². The second-order valence-corrected chi connectivity index (χ2v) is 8.15. The van der Waals surface area contributed by atoms with E-state index in [9.17, 15) is 23.3 Å². The first-order valence-electron chi connectivity index (χ1n) is 8.89. The highest BCUT2D eigenvalue weighted by atomic mass is 32.2. The number of anilines is 2. The number of benzene rings is 2. The summed E-state index contributed by atoms with van der Waals surface area (Å²) >= 11 is 0. The number of nitrogens with zero attached hydrogens (tertiary/aromatic N) is 2. The summed E-state index contributed by atoms with van der Waals surface area (Å²) in [6, 6.07) is 9.03. The number of sulfonamides is 1. The molecule has 0 aliphatic heterocycles. The van der Waals surface area contributed by atoms with Crippen LogP contribution in [0.25, 0.3) is 0 Å². The predicted octanol–water partition coefficient (Wildman–Crippen LogP) is 2.80. The van der Waals surface area contributed by atoms with Crippen LogP contribution >= 0.6 is 0 Å². The van der Waals surface area contributed by atoms with E-state index in [1.54, 1.807) is 31.2 Å². The van der Waals surface area contributed by atoms with Crippen molar-refractivity contribution >= 4 is 33.0 Å². The van der Waals surface area contributed by atoms with Crippen LogP contribution in [0.15, 0.2) is 42.5 Å². The van der Waals surface area contributed by atoms with E-state index < -0.39 is 26.9 Å². The number of rotatable bonds is 9.